The van der Waals surface area contributed by atoms with E-state index in [1.807, 2.05) is 21.9 Å². The molecule has 1 aliphatic heterocycles. The van der Waals surface area contributed by atoms with Crippen molar-refractivity contribution in [3.63, 3.8) is 0 Å². The van der Waals surface area contributed by atoms with Gasteiger partial charge in [-0.15, -0.1) is 11.3 Å². The minimum Gasteiger partial charge on any atom is -0.483 e. The molecule has 3 aromatic rings. The van der Waals surface area contributed by atoms with Gasteiger partial charge in [-0.1, -0.05) is 13.8 Å². The van der Waals surface area contributed by atoms with E-state index in [4.69, 9.17) is 20.7 Å². The number of likely N-dealkylation sites (tertiary alicyclic amines) is 1. The fourth-order valence-electron chi connectivity index (χ4n) is 4.62. The van der Waals surface area contributed by atoms with E-state index in [2.05, 4.69) is 39.5 Å². The molecular formula is C23H33N5O4S. The van der Waals surface area contributed by atoms with E-state index in [1.54, 1.807) is 11.3 Å². The van der Waals surface area contributed by atoms with Crippen LogP contribution < -0.4 is 11.3 Å². The van der Waals surface area contributed by atoms with Crippen LogP contribution in [-0.2, 0) is 9.59 Å². The molecular weight excluding hydrogens is 442 g/mol. The van der Waals surface area contributed by atoms with E-state index in [0.29, 0.717) is 5.52 Å². The molecule has 33 heavy (non-hydrogen) atoms. The number of carbonyl (C=O) groups excluding carboxylic acids is 1. The van der Waals surface area contributed by atoms with Crippen molar-refractivity contribution in [1.82, 2.24) is 19.1 Å². The Bertz CT molecular complexity index is 1200. The van der Waals surface area contributed by atoms with E-state index >= 15 is 0 Å². The van der Waals surface area contributed by atoms with Crippen molar-refractivity contribution in [3.8, 4) is 0 Å². The summed E-state index contributed by atoms with van der Waals surface area (Å²) in [4.78, 5) is 37.9. The number of primary amides is 1. The lowest BCUT2D eigenvalue weighted by Crippen LogP contribution is -2.51. The lowest BCUT2D eigenvalue weighted by Gasteiger charge is -2.43. The molecule has 0 spiro atoms. The van der Waals surface area contributed by atoms with Crippen LogP contribution in [0.4, 0.5) is 0 Å². The zero-order chi connectivity index (χ0) is 24.5. The van der Waals surface area contributed by atoms with Gasteiger partial charge in [-0.25, -0.2) is 4.68 Å². The molecule has 0 aromatic carbocycles. The van der Waals surface area contributed by atoms with Crippen molar-refractivity contribution in [3.05, 3.63) is 33.7 Å². The van der Waals surface area contributed by atoms with Crippen molar-refractivity contribution in [2.24, 2.45) is 11.7 Å². The van der Waals surface area contributed by atoms with Gasteiger partial charge in [0.05, 0.1) is 0 Å². The van der Waals surface area contributed by atoms with Crippen LogP contribution in [0.3, 0.4) is 0 Å². The van der Waals surface area contributed by atoms with Crippen LogP contribution in [0.2, 0.25) is 0 Å². The Morgan fingerprint density at radius 2 is 2.03 bits per heavy atom. The number of fused-ring (bicyclic) bond motifs is 3. The summed E-state index contributed by atoms with van der Waals surface area (Å²) in [5, 5.41) is 14.7. The van der Waals surface area contributed by atoms with Crippen LogP contribution in [0, 0.1) is 5.92 Å². The third-order valence-corrected chi connectivity index (χ3v) is 7.12. The van der Waals surface area contributed by atoms with Crippen LogP contribution in [0.25, 0.3) is 15.7 Å². The van der Waals surface area contributed by atoms with Crippen molar-refractivity contribution in [1.29, 1.82) is 0 Å². The SMILES string of the molecule is CC(C)c1nn(C(C(N)=O)C2CCCN(C(C)(C)C)C2)c(=O)c2cc3ccsc3n12.O=CO. The Morgan fingerprint density at radius 3 is 2.61 bits per heavy atom. The van der Waals surface area contributed by atoms with Crippen molar-refractivity contribution in [2.45, 2.75) is 65.0 Å². The maximum Gasteiger partial charge on any atom is 0.291 e. The highest BCUT2D eigenvalue weighted by atomic mass is 32.1. The van der Waals surface area contributed by atoms with Crippen molar-refractivity contribution in [2.75, 3.05) is 13.1 Å². The number of thiophene rings is 1. The first-order chi connectivity index (χ1) is 15.5. The summed E-state index contributed by atoms with van der Waals surface area (Å²) in [7, 11) is 0. The van der Waals surface area contributed by atoms with Gasteiger partial charge >= 0.3 is 0 Å². The number of carbonyl (C=O) groups is 2. The Balaban J connectivity index is 0.000000968. The number of hydrogen-bond donors (Lipinski definition) is 2. The molecule has 2 unspecified atom stereocenters. The molecule has 0 radical (unpaired) electrons. The monoisotopic (exact) mass is 475 g/mol. The van der Waals surface area contributed by atoms with E-state index in [9.17, 15) is 9.59 Å². The van der Waals surface area contributed by atoms with Gasteiger partial charge in [0, 0.05) is 29.3 Å². The van der Waals surface area contributed by atoms with Gasteiger partial charge < -0.3 is 10.8 Å². The van der Waals surface area contributed by atoms with Gasteiger partial charge in [0.25, 0.3) is 12.0 Å². The predicted molar refractivity (Wildman–Crippen MR) is 130 cm³/mol. The average molecular weight is 476 g/mol. The molecule has 4 rings (SSSR count). The summed E-state index contributed by atoms with van der Waals surface area (Å²) < 4.78 is 3.33. The molecule has 1 fully saturated rings. The molecule has 9 nitrogen and oxygen atoms in total. The fourth-order valence-corrected chi connectivity index (χ4v) is 5.52. The summed E-state index contributed by atoms with van der Waals surface area (Å²) in [6.45, 7) is 12.1. The van der Waals surface area contributed by atoms with Crippen LogP contribution in [0.5, 0.6) is 0 Å². The smallest absolute Gasteiger partial charge is 0.291 e. The maximum atomic E-state index is 13.5. The molecule has 2 atom stereocenters. The first kappa shape index (κ1) is 24.9. The third-order valence-electron chi connectivity index (χ3n) is 6.20. The normalized spacial score (nSPS) is 18.3. The Kier molecular flexibility index (Phi) is 7.28. The van der Waals surface area contributed by atoms with Crippen LogP contribution >= 0.6 is 11.3 Å². The topological polar surface area (TPSA) is 123 Å². The van der Waals surface area contributed by atoms with Gasteiger partial charge in [-0.2, -0.15) is 5.10 Å². The second-order valence-electron chi connectivity index (χ2n) is 9.78. The average Bonchev–Trinajstić information content (AvgIpc) is 3.32. The Labute approximate surface area is 196 Å². The van der Waals surface area contributed by atoms with E-state index in [-0.39, 0.29) is 29.4 Å². The first-order valence-electron chi connectivity index (χ1n) is 11.1. The number of piperidine rings is 1. The Hall–Kier alpha value is -2.72. The number of nitrogens with zero attached hydrogens (tertiary/aromatic N) is 4. The van der Waals surface area contributed by atoms with Gasteiger partial charge in [-0.05, 0) is 57.7 Å². The van der Waals surface area contributed by atoms with Crippen molar-refractivity contribution < 1.29 is 14.7 Å². The second kappa shape index (κ2) is 9.64. The zero-order valence-electron chi connectivity index (χ0n) is 19.8. The molecule has 0 bridgehead atoms. The summed E-state index contributed by atoms with van der Waals surface area (Å²) in [5.74, 6) is 0.330. The van der Waals surface area contributed by atoms with E-state index in [0.717, 1.165) is 42.0 Å². The number of nitrogens with two attached hydrogens (primary N) is 1. The highest BCUT2D eigenvalue weighted by Crippen LogP contribution is 2.32. The summed E-state index contributed by atoms with van der Waals surface area (Å²) >= 11 is 1.59. The highest BCUT2D eigenvalue weighted by molar-refractivity contribution is 7.16. The zero-order valence-corrected chi connectivity index (χ0v) is 20.6. The summed E-state index contributed by atoms with van der Waals surface area (Å²) in [5.41, 5.74) is 6.19. The molecule has 3 N–H and O–H groups in total. The quantitative estimate of drug-likeness (QED) is 0.559. The lowest BCUT2D eigenvalue weighted by molar-refractivity contribution is -0.124. The predicted octanol–water partition coefficient (Wildman–Crippen LogP) is 3.07. The third kappa shape index (κ3) is 4.81. The summed E-state index contributed by atoms with van der Waals surface area (Å²) in [6, 6.07) is 3.16. The van der Waals surface area contributed by atoms with Gasteiger partial charge in [0.15, 0.2) is 0 Å². The maximum absolute atomic E-state index is 13.5. The molecule has 3 aromatic heterocycles. The Morgan fingerprint density at radius 1 is 1.36 bits per heavy atom. The molecule has 10 heteroatoms. The van der Waals surface area contributed by atoms with Gasteiger partial charge in [-0.3, -0.25) is 23.7 Å². The lowest BCUT2D eigenvalue weighted by atomic mass is 9.87. The number of carboxylic acid groups (broad SMARTS) is 1. The number of amides is 1. The molecule has 4 heterocycles. The molecule has 0 aliphatic carbocycles. The molecule has 1 saturated heterocycles. The molecule has 180 valence electrons. The van der Waals surface area contributed by atoms with E-state index in [1.165, 1.54) is 4.68 Å². The molecule has 0 saturated carbocycles. The van der Waals surface area contributed by atoms with Gasteiger partial charge in [0.2, 0.25) is 5.91 Å². The number of aromatic nitrogens is 3. The summed E-state index contributed by atoms with van der Waals surface area (Å²) in [6.07, 6.45) is 1.83. The number of rotatable bonds is 4. The number of hydrogen-bond acceptors (Lipinski definition) is 6. The fraction of sp³-hybridized carbons (Fsp3) is 0.565. The molecule has 1 amide bonds. The van der Waals surface area contributed by atoms with Crippen LogP contribution in [0.15, 0.2) is 22.3 Å². The molecule has 1 aliphatic rings. The standard InChI is InChI=1S/C22H31N5O2S.CH2O2/c1-13(2)19-24-27(20(29)16-11-14-8-10-30-21(14)26(16)19)17(18(23)28)15-7-6-9-25(12-15)22(3,4)5;2-1-3/h8,10-11,13,15,17H,6-7,9,12H2,1-5H3,(H2,23,28);1H,(H,2,3). The first-order valence-corrected chi connectivity index (χ1v) is 12.0. The van der Waals surface area contributed by atoms with Crippen LogP contribution in [-0.4, -0.2) is 55.2 Å². The van der Waals surface area contributed by atoms with Gasteiger partial charge in [0.1, 0.15) is 22.2 Å². The van der Waals surface area contributed by atoms with Crippen molar-refractivity contribution >= 4 is 39.4 Å². The highest BCUT2D eigenvalue weighted by Gasteiger charge is 2.37. The second-order valence-corrected chi connectivity index (χ2v) is 10.7. The van der Waals surface area contributed by atoms with Crippen LogP contribution in [0.1, 0.15) is 65.2 Å². The minimum absolute atomic E-state index is 0.00179. The van der Waals surface area contributed by atoms with E-state index < -0.39 is 11.9 Å². The minimum atomic E-state index is -0.752. The largest absolute Gasteiger partial charge is 0.483 e.